The molecule has 0 fully saturated rings. The maximum absolute atomic E-state index is 12.4. The number of hydrogen-bond acceptors (Lipinski definition) is 6. The van der Waals surface area contributed by atoms with Gasteiger partial charge in [-0.1, -0.05) is 11.6 Å². The van der Waals surface area contributed by atoms with Gasteiger partial charge in [-0.25, -0.2) is 9.66 Å². The van der Waals surface area contributed by atoms with Crippen molar-refractivity contribution in [2.75, 3.05) is 23.1 Å². The van der Waals surface area contributed by atoms with Gasteiger partial charge in [0.05, 0.1) is 0 Å². The fraction of sp³-hybridized carbons (Fsp3) is 0.0833. The minimum absolute atomic E-state index is 0.0394. The molecule has 0 aliphatic heterocycles. The maximum Gasteiger partial charge on any atom is 0.262 e. The SMILES string of the molecule is CSc1c(C(=O)Nc2ccc(Cl)cc2)c(N)nc(=S)n1N. The molecule has 5 N–H and O–H groups in total. The molecule has 21 heavy (non-hydrogen) atoms. The number of carbonyl (C=O) groups is 1. The standard InChI is InChI=1S/C12H12ClN5OS2/c1-21-11-8(9(14)17-12(20)18(11)15)10(19)16-7-4-2-6(13)3-5-7/h2-5H,15H2,1H3,(H,16,19)(H2,14,17,20). The molecule has 0 unspecified atom stereocenters. The van der Waals surface area contributed by atoms with Gasteiger partial charge in [0.1, 0.15) is 16.4 Å². The Hall–Kier alpha value is -1.77. The average molecular weight is 342 g/mol. The second kappa shape index (κ2) is 6.33. The van der Waals surface area contributed by atoms with E-state index in [2.05, 4.69) is 10.3 Å². The lowest BCUT2D eigenvalue weighted by Crippen LogP contribution is -2.23. The van der Waals surface area contributed by atoms with Crippen molar-refractivity contribution in [1.82, 2.24) is 9.66 Å². The molecular formula is C12H12ClN5OS2. The number of nitrogens with one attached hydrogen (secondary N) is 1. The third-order valence-corrected chi connectivity index (χ3v) is 3.96. The first-order valence-electron chi connectivity index (χ1n) is 5.72. The van der Waals surface area contributed by atoms with Gasteiger partial charge in [-0.2, -0.15) is 0 Å². The van der Waals surface area contributed by atoms with E-state index in [0.717, 1.165) is 4.68 Å². The predicted molar refractivity (Wildman–Crippen MR) is 88.8 cm³/mol. The summed E-state index contributed by atoms with van der Waals surface area (Å²) in [5.74, 6) is 5.41. The number of nitrogens with zero attached hydrogens (tertiary/aromatic N) is 2. The summed E-state index contributed by atoms with van der Waals surface area (Å²) in [6, 6.07) is 6.70. The molecule has 1 heterocycles. The highest BCUT2D eigenvalue weighted by atomic mass is 35.5. The van der Waals surface area contributed by atoms with Crippen LogP contribution in [0.3, 0.4) is 0 Å². The van der Waals surface area contributed by atoms with Crippen LogP contribution in [-0.2, 0) is 0 Å². The molecular weight excluding hydrogens is 330 g/mol. The van der Waals surface area contributed by atoms with Gasteiger partial charge in [0.2, 0.25) is 4.77 Å². The Kier molecular flexibility index (Phi) is 4.71. The quantitative estimate of drug-likeness (QED) is 0.343. The average Bonchev–Trinajstić information content (AvgIpc) is 2.44. The number of nitrogen functional groups attached to an aromatic ring is 2. The van der Waals surface area contributed by atoms with E-state index in [9.17, 15) is 4.79 Å². The van der Waals surface area contributed by atoms with Crippen molar-refractivity contribution in [3.8, 4) is 0 Å². The number of amides is 1. The molecule has 0 atom stereocenters. The number of nitrogens with two attached hydrogens (primary N) is 2. The van der Waals surface area contributed by atoms with Crippen LogP contribution in [0.25, 0.3) is 0 Å². The summed E-state index contributed by atoms with van der Waals surface area (Å²) in [5, 5.41) is 3.74. The molecule has 0 spiro atoms. The molecule has 110 valence electrons. The lowest BCUT2D eigenvalue weighted by molar-refractivity contribution is 0.102. The van der Waals surface area contributed by atoms with Gasteiger partial charge in [0.15, 0.2) is 0 Å². The summed E-state index contributed by atoms with van der Waals surface area (Å²) < 4.78 is 1.27. The number of aromatic nitrogens is 2. The van der Waals surface area contributed by atoms with E-state index in [1.165, 1.54) is 11.8 Å². The number of carbonyl (C=O) groups excluding carboxylic acids is 1. The zero-order valence-corrected chi connectivity index (χ0v) is 13.4. The fourth-order valence-corrected chi connectivity index (χ4v) is 2.73. The zero-order valence-electron chi connectivity index (χ0n) is 11.0. The molecule has 9 heteroatoms. The highest BCUT2D eigenvalue weighted by molar-refractivity contribution is 7.98. The molecule has 0 aliphatic rings. The Balaban J connectivity index is 2.41. The van der Waals surface area contributed by atoms with Crippen LogP contribution in [0.2, 0.25) is 5.02 Å². The minimum Gasteiger partial charge on any atom is -0.383 e. The summed E-state index contributed by atoms with van der Waals surface area (Å²) in [5.41, 5.74) is 6.58. The Morgan fingerprint density at radius 3 is 2.62 bits per heavy atom. The highest BCUT2D eigenvalue weighted by Crippen LogP contribution is 2.24. The first kappa shape index (κ1) is 15.6. The lowest BCUT2D eigenvalue weighted by atomic mass is 10.2. The number of anilines is 2. The Bertz CT molecular complexity index is 745. The van der Waals surface area contributed by atoms with Crippen molar-refractivity contribution in [1.29, 1.82) is 0 Å². The van der Waals surface area contributed by atoms with Gasteiger partial charge in [-0.15, -0.1) is 11.8 Å². The normalized spacial score (nSPS) is 10.4. The zero-order chi connectivity index (χ0) is 15.6. The van der Waals surface area contributed by atoms with Crippen LogP contribution < -0.4 is 16.9 Å². The summed E-state index contributed by atoms with van der Waals surface area (Å²) in [6.45, 7) is 0. The van der Waals surface area contributed by atoms with E-state index < -0.39 is 5.91 Å². The number of benzene rings is 1. The number of thioether (sulfide) groups is 1. The molecule has 0 radical (unpaired) electrons. The predicted octanol–water partition coefficient (Wildman–Crippen LogP) is 2.54. The molecule has 0 saturated heterocycles. The van der Waals surface area contributed by atoms with Crippen molar-refractivity contribution >= 4 is 53.0 Å². The molecule has 0 bridgehead atoms. The first-order chi connectivity index (χ1) is 9.93. The summed E-state index contributed by atoms with van der Waals surface area (Å²) in [6.07, 6.45) is 1.77. The van der Waals surface area contributed by atoms with Gasteiger partial charge in [0, 0.05) is 10.7 Å². The molecule has 0 saturated carbocycles. The Morgan fingerprint density at radius 2 is 2.05 bits per heavy atom. The van der Waals surface area contributed by atoms with Crippen LogP contribution in [-0.4, -0.2) is 21.8 Å². The summed E-state index contributed by atoms with van der Waals surface area (Å²) in [4.78, 5) is 16.3. The second-order valence-electron chi connectivity index (χ2n) is 3.99. The largest absolute Gasteiger partial charge is 0.383 e. The molecule has 1 amide bonds. The lowest BCUT2D eigenvalue weighted by Gasteiger charge is -2.14. The third-order valence-electron chi connectivity index (χ3n) is 2.63. The summed E-state index contributed by atoms with van der Waals surface area (Å²) in [7, 11) is 0. The van der Waals surface area contributed by atoms with Crippen LogP contribution in [0.5, 0.6) is 0 Å². The number of halogens is 1. The van der Waals surface area contributed by atoms with Crippen LogP contribution in [0, 0.1) is 4.77 Å². The Labute approximate surface area is 135 Å². The fourth-order valence-electron chi connectivity index (χ4n) is 1.67. The first-order valence-corrected chi connectivity index (χ1v) is 7.73. The van der Waals surface area contributed by atoms with Crippen molar-refractivity contribution in [3.63, 3.8) is 0 Å². The number of rotatable bonds is 3. The molecule has 6 nitrogen and oxygen atoms in total. The van der Waals surface area contributed by atoms with Gasteiger partial charge in [-0.3, -0.25) is 4.79 Å². The number of hydrogen-bond donors (Lipinski definition) is 3. The van der Waals surface area contributed by atoms with E-state index in [1.807, 2.05) is 0 Å². The second-order valence-corrected chi connectivity index (χ2v) is 5.59. The van der Waals surface area contributed by atoms with E-state index in [4.69, 9.17) is 35.4 Å². The highest BCUT2D eigenvalue weighted by Gasteiger charge is 2.19. The maximum atomic E-state index is 12.4. The molecule has 0 aliphatic carbocycles. The van der Waals surface area contributed by atoms with Crippen LogP contribution >= 0.6 is 35.6 Å². The third kappa shape index (κ3) is 3.29. The monoisotopic (exact) mass is 341 g/mol. The topological polar surface area (TPSA) is 99.0 Å². The Morgan fingerprint density at radius 1 is 1.43 bits per heavy atom. The van der Waals surface area contributed by atoms with Crippen LogP contribution in [0.4, 0.5) is 11.5 Å². The smallest absolute Gasteiger partial charge is 0.262 e. The van der Waals surface area contributed by atoms with E-state index in [-0.39, 0.29) is 16.2 Å². The van der Waals surface area contributed by atoms with Crippen molar-refractivity contribution in [2.45, 2.75) is 5.03 Å². The van der Waals surface area contributed by atoms with E-state index >= 15 is 0 Å². The molecule has 2 rings (SSSR count). The van der Waals surface area contributed by atoms with Crippen molar-refractivity contribution < 1.29 is 4.79 Å². The van der Waals surface area contributed by atoms with E-state index in [0.29, 0.717) is 15.7 Å². The van der Waals surface area contributed by atoms with Crippen molar-refractivity contribution in [3.05, 3.63) is 39.6 Å². The van der Waals surface area contributed by atoms with Crippen molar-refractivity contribution in [2.24, 2.45) is 0 Å². The molecule has 1 aromatic carbocycles. The van der Waals surface area contributed by atoms with Gasteiger partial charge in [0.25, 0.3) is 5.91 Å². The van der Waals surface area contributed by atoms with Gasteiger partial charge < -0.3 is 16.9 Å². The van der Waals surface area contributed by atoms with E-state index in [1.54, 1.807) is 30.5 Å². The van der Waals surface area contributed by atoms with Gasteiger partial charge >= 0.3 is 0 Å². The molecule has 1 aromatic heterocycles. The molecule has 2 aromatic rings. The van der Waals surface area contributed by atoms with Crippen LogP contribution in [0.15, 0.2) is 29.3 Å². The summed E-state index contributed by atoms with van der Waals surface area (Å²) >= 11 is 12.0. The van der Waals surface area contributed by atoms with Gasteiger partial charge in [-0.05, 0) is 42.7 Å². The minimum atomic E-state index is -0.416. The van der Waals surface area contributed by atoms with Crippen LogP contribution in [0.1, 0.15) is 10.4 Å².